The van der Waals surface area contributed by atoms with Gasteiger partial charge in [0.05, 0.1) is 11.1 Å². The van der Waals surface area contributed by atoms with E-state index in [4.69, 9.17) is 0 Å². The summed E-state index contributed by atoms with van der Waals surface area (Å²) in [7, 11) is 1.84. The van der Waals surface area contributed by atoms with E-state index in [1.807, 2.05) is 42.3 Å². The van der Waals surface area contributed by atoms with Gasteiger partial charge >= 0.3 is 0 Å². The Bertz CT molecular complexity index is 962. The van der Waals surface area contributed by atoms with Crippen molar-refractivity contribution in [1.82, 2.24) is 9.80 Å². The molecule has 1 aliphatic heterocycles. The van der Waals surface area contributed by atoms with Crippen molar-refractivity contribution in [3.63, 3.8) is 0 Å². The van der Waals surface area contributed by atoms with Crippen molar-refractivity contribution in [2.45, 2.75) is 45.1 Å². The molecule has 5 heteroatoms. The summed E-state index contributed by atoms with van der Waals surface area (Å²) in [6.45, 7) is 2.59. The molecule has 1 saturated carbocycles. The molecule has 0 unspecified atom stereocenters. The Morgan fingerprint density at radius 3 is 2.33 bits per heavy atom. The minimum absolute atomic E-state index is 0.0830. The first-order valence-corrected chi connectivity index (χ1v) is 10.8. The molecule has 1 fully saturated rings. The molecule has 1 aliphatic carbocycles. The van der Waals surface area contributed by atoms with Crippen molar-refractivity contribution in [3.8, 4) is 0 Å². The lowest BCUT2D eigenvalue weighted by molar-refractivity contribution is 0.0654. The van der Waals surface area contributed by atoms with Crippen LogP contribution in [-0.4, -0.2) is 47.2 Å². The fourth-order valence-electron chi connectivity index (χ4n) is 4.51. The normalized spacial score (nSPS) is 20.9. The van der Waals surface area contributed by atoms with Gasteiger partial charge in [-0.3, -0.25) is 19.3 Å². The van der Waals surface area contributed by atoms with Crippen molar-refractivity contribution in [2.75, 3.05) is 13.6 Å². The number of hydrogen-bond acceptors (Lipinski definition) is 3. The molecule has 4 rings (SSSR count). The minimum Gasteiger partial charge on any atom is -0.339 e. The number of benzene rings is 2. The number of rotatable bonds is 5. The number of nitrogens with zero attached hydrogens (tertiary/aromatic N) is 2. The molecule has 0 saturated heterocycles. The largest absolute Gasteiger partial charge is 0.339 e. The van der Waals surface area contributed by atoms with Crippen LogP contribution in [0.25, 0.3) is 0 Å². The van der Waals surface area contributed by atoms with Gasteiger partial charge in [-0.15, -0.1) is 0 Å². The molecular formula is C25H28N2O3. The molecule has 0 spiro atoms. The smallest absolute Gasteiger partial charge is 0.261 e. The first-order chi connectivity index (χ1) is 14.5. The highest BCUT2D eigenvalue weighted by Gasteiger charge is 2.36. The lowest BCUT2D eigenvalue weighted by Gasteiger charge is -2.33. The molecule has 2 aliphatic rings. The third-order valence-electron chi connectivity index (χ3n) is 6.54. The highest BCUT2D eigenvalue weighted by atomic mass is 16.2. The molecule has 2 aromatic rings. The average molecular weight is 405 g/mol. The van der Waals surface area contributed by atoms with Crippen molar-refractivity contribution in [2.24, 2.45) is 5.92 Å². The van der Waals surface area contributed by atoms with Crippen molar-refractivity contribution in [3.05, 3.63) is 70.8 Å². The van der Waals surface area contributed by atoms with Crippen LogP contribution in [0.1, 0.15) is 69.2 Å². The van der Waals surface area contributed by atoms with Crippen LogP contribution in [0.3, 0.4) is 0 Å². The van der Waals surface area contributed by atoms with Crippen molar-refractivity contribution in [1.29, 1.82) is 0 Å². The quantitative estimate of drug-likeness (QED) is 0.703. The van der Waals surface area contributed by atoms with Gasteiger partial charge in [0.2, 0.25) is 0 Å². The van der Waals surface area contributed by atoms with Gasteiger partial charge in [0.25, 0.3) is 17.7 Å². The van der Waals surface area contributed by atoms with E-state index in [2.05, 4.69) is 6.92 Å². The van der Waals surface area contributed by atoms with Gasteiger partial charge in [-0.25, -0.2) is 0 Å². The Balaban J connectivity index is 1.48. The molecule has 156 valence electrons. The first kappa shape index (κ1) is 20.3. The molecule has 0 aromatic heterocycles. The molecule has 3 amide bonds. The number of fused-ring (bicyclic) bond motifs is 1. The Morgan fingerprint density at radius 2 is 1.63 bits per heavy atom. The van der Waals surface area contributed by atoms with Crippen LogP contribution in [0.4, 0.5) is 0 Å². The SMILES string of the molecule is CC1CCC(N(C)C(=O)c2ccc3c(c2)C(=O)N(CCc2ccccc2)C3=O)CC1. The summed E-state index contributed by atoms with van der Waals surface area (Å²) >= 11 is 0. The monoisotopic (exact) mass is 404 g/mol. The highest BCUT2D eigenvalue weighted by Crippen LogP contribution is 2.29. The second-order valence-electron chi connectivity index (χ2n) is 8.59. The van der Waals surface area contributed by atoms with E-state index in [-0.39, 0.29) is 23.8 Å². The van der Waals surface area contributed by atoms with Gasteiger partial charge in [-0.2, -0.15) is 0 Å². The molecular weight excluding hydrogens is 376 g/mol. The lowest BCUT2D eigenvalue weighted by atomic mass is 9.86. The number of carbonyl (C=O) groups excluding carboxylic acids is 3. The second-order valence-corrected chi connectivity index (χ2v) is 8.59. The summed E-state index contributed by atoms with van der Waals surface area (Å²) in [5, 5.41) is 0. The Labute approximate surface area is 177 Å². The summed E-state index contributed by atoms with van der Waals surface area (Å²) in [4.78, 5) is 41.7. The van der Waals surface area contributed by atoms with Gasteiger partial charge in [0.1, 0.15) is 0 Å². The third-order valence-corrected chi connectivity index (χ3v) is 6.54. The zero-order valence-electron chi connectivity index (χ0n) is 17.6. The van der Waals surface area contributed by atoms with Crippen LogP contribution in [0.15, 0.2) is 48.5 Å². The van der Waals surface area contributed by atoms with Gasteiger partial charge in [0.15, 0.2) is 0 Å². The van der Waals surface area contributed by atoms with Crippen LogP contribution < -0.4 is 0 Å². The third kappa shape index (κ3) is 3.89. The van der Waals surface area contributed by atoms with E-state index in [0.29, 0.717) is 29.7 Å². The topological polar surface area (TPSA) is 57.7 Å². The first-order valence-electron chi connectivity index (χ1n) is 10.8. The van der Waals surface area contributed by atoms with E-state index in [0.717, 1.165) is 37.2 Å². The molecule has 5 nitrogen and oxygen atoms in total. The summed E-state index contributed by atoms with van der Waals surface area (Å²) in [6.07, 6.45) is 4.91. The van der Waals surface area contributed by atoms with Gasteiger partial charge < -0.3 is 4.90 Å². The molecule has 0 radical (unpaired) electrons. The number of carbonyl (C=O) groups is 3. The van der Waals surface area contributed by atoms with E-state index in [1.54, 1.807) is 18.2 Å². The number of amides is 3. The van der Waals surface area contributed by atoms with Crippen LogP contribution >= 0.6 is 0 Å². The average Bonchev–Trinajstić information content (AvgIpc) is 3.01. The van der Waals surface area contributed by atoms with Crippen molar-refractivity contribution < 1.29 is 14.4 Å². The van der Waals surface area contributed by atoms with E-state index in [9.17, 15) is 14.4 Å². The van der Waals surface area contributed by atoms with Crippen LogP contribution in [0.5, 0.6) is 0 Å². The Morgan fingerprint density at radius 1 is 0.967 bits per heavy atom. The maximum Gasteiger partial charge on any atom is 0.261 e. The predicted molar refractivity (Wildman–Crippen MR) is 115 cm³/mol. The zero-order valence-corrected chi connectivity index (χ0v) is 17.6. The lowest BCUT2D eigenvalue weighted by Crippen LogP contribution is -2.39. The van der Waals surface area contributed by atoms with E-state index in [1.165, 1.54) is 4.90 Å². The summed E-state index contributed by atoms with van der Waals surface area (Å²) in [5.41, 5.74) is 2.28. The van der Waals surface area contributed by atoms with Crippen molar-refractivity contribution >= 4 is 17.7 Å². The summed E-state index contributed by atoms with van der Waals surface area (Å²) < 4.78 is 0. The molecule has 0 atom stereocenters. The molecule has 0 bridgehead atoms. The van der Waals surface area contributed by atoms with Gasteiger partial charge in [-0.1, -0.05) is 37.3 Å². The number of imide groups is 1. The summed E-state index contributed by atoms with van der Waals surface area (Å²) in [5.74, 6) is 0.0462. The van der Waals surface area contributed by atoms with E-state index >= 15 is 0 Å². The van der Waals surface area contributed by atoms with Crippen LogP contribution in [0.2, 0.25) is 0 Å². The molecule has 0 N–H and O–H groups in total. The molecule has 30 heavy (non-hydrogen) atoms. The predicted octanol–water partition coefficient (Wildman–Crippen LogP) is 4.18. The molecule has 1 heterocycles. The fourth-order valence-corrected chi connectivity index (χ4v) is 4.51. The fraction of sp³-hybridized carbons (Fsp3) is 0.400. The van der Waals surface area contributed by atoms with Gasteiger partial charge in [-0.05, 0) is 61.8 Å². The van der Waals surface area contributed by atoms with Gasteiger partial charge in [0, 0.05) is 25.2 Å². The van der Waals surface area contributed by atoms with E-state index < -0.39 is 0 Å². The minimum atomic E-state index is -0.310. The zero-order chi connectivity index (χ0) is 21.3. The maximum atomic E-state index is 13.0. The molecule has 2 aromatic carbocycles. The Kier molecular flexibility index (Phi) is 5.71. The number of hydrogen-bond donors (Lipinski definition) is 0. The maximum absolute atomic E-state index is 13.0. The standard InChI is InChI=1S/C25H28N2O3/c1-17-8-11-20(12-9-17)26(2)23(28)19-10-13-21-22(16-19)25(30)27(24(21)29)15-14-18-6-4-3-5-7-18/h3-7,10,13,16-17,20H,8-9,11-12,14-15H2,1-2H3. The van der Waals surface area contributed by atoms with Crippen LogP contribution in [-0.2, 0) is 6.42 Å². The van der Waals surface area contributed by atoms with Crippen LogP contribution in [0, 0.1) is 5.92 Å². The highest BCUT2D eigenvalue weighted by molar-refractivity contribution is 6.22. The Hall–Kier alpha value is -2.95. The second kappa shape index (κ2) is 8.42. The summed E-state index contributed by atoms with van der Waals surface area (Å²) in [6, 6.07) is 14.9.